The zero-order valence-corrected chi connectivity index (χ0v) is 45.2. The first-order chi connectivity index (χ1) is 40.0. The van der Waals surface area contributed by atoms with Crippen molar-refractivity contribution in [2.75, 3.05) is 60.1 Å². The van der Waals surface area contributed by atoms with Crippen LogP contribution in [0.4, 0.5) is 28.4 Å². The van der Waals surface area contributed by atoms with Gasteiger partial charge in [0.15, 0.2) is 0 Å². The number of imidazole rings is 2. The Balaban J connectivity index is 0.000000198. The van der Waals surface area contributed by atoms with Crippen molar-refractivity contribution >= 4 is 80.3 Å². The molecule has 0 radical (unpaired) electrons. The predicted octanol–water partition coefficient (Wildman–Crippen LogP) is 8.01. The summed E-state index contributed by atoms with van der Waals surface area (Å²) >= 11 is 0. The third-order valence-corrected chi connectivity index (χ3v) is 12.4. The van der Waals surface area contributed by atoms with Gasteiger partial charge in [-0.05, 0) is 55.0 Å². The van der Waals surface area contributed by atoms with Crippen LogP contribution >= 0.6 is 0 Å². The number of nitrogens with one attached hydrogen (secondary N) is 2. The number of piperidine rings is 1. The molecule has 440 valence electrons. The summed E-state index contributed by atoms with van der Waals surface area (Å²) < 4.78 is 24.5. The van der Waals surface area contributed by atoms with Gasteiger partial charge in [-0.1, -0.05) is 30.3 Å². The number of carboxylic acid groups (broad SMARTS) is 4. The maximum Gasteiger partial charge on any atom is 0.349 e. The number of nitrogen functional groups attached to an aromatic ring is 2. The van der Waals surface area contributed by atoms with E-state index in [1.165, 1.54) is 51.4 Å². The van der Waals surface area contributed by atoms with Crippen LogP contribution in [0.2, 0.25) is 0 Å². The van der Waals surface area contributed by atoms with Crippen LogP contribution in [-0.2, 0) is 6.42 Å². The van der Waals surface area contributed by atoms with Crippen molar-refractivity contribution in [1.82, 2.24) is 24.8 Å². The van der Waals surface area contributed by atoms with E-state index in [0.29, 0.717) is 51.8 Å². The number of H-pyrrole nitrogens is 2. The Morgan fingerprint density at radius 3 is 1.43 bits per heavy atom. The van der Waals surface area contributed by atoms with Crippen LogP contribution in [-0.4, -0.2) is 138 Å². The van der Waals surface area contributed by atoms with Gasteiger partial charge in [0.1, 0.15) is 51.0 Å². The van der Waals surface area contributed by atoms with E-state index in [1.807, 2.05) is 17.0 Å². The lowest BCUT2D eigenvalue weighted by Gasteiger charge is -2.32. The van der Waals surface area contributed by atoms with Crippen molar-refractivity contribution in [3.05, 3.63) is 173 Å². The summed E-state index contributed by atoms with van der Waals surface area (Å²) in [7, 11) is 6.76. The van der Waals surface area contributed by atoms with Gasteiger partial charge in [0.25, 0.3) is 11.6 Å². The quantitative estimate of drug-likeness (QED) is 0.0273. The standard InChI is InChI=1S/C21H23N3O2.C9H8N2O3.C8H6N2O7.C8H10N2O3.C8H7NO5/c1-26-20-13-19-18(22-14-23-19)12-17(20)21(25)24-9-7-16(8-10-24)11-15-5-3-2-4-6-15;1-14-8-3-7-6(10-4-11-7)2-5(8)9(12)13;1-17-7-3-6(10(15)16)5(9(13)14)2-4(7)8(11)12;1-13-7-3-6(10)5(9)2-4(7)8(11)12;1-14-7-4-5(9(12)13)2-3-6(7)8(10)11/h2-6,12-14,16H,7-11H2,1H3,(H,22,23);2-4H,1H3,(H,10,11)(H,12,13);2-3H,1H3,(H,11,12);2-3H,9-10H2,1H3,(H,11,12);2-4H,1H3,(H,10,11). The van der Waals surface area contributed by atoms with E-state index >= 15 is 0 Å². The molecule has 0 unspecified atom stereocenters. The van der Waals surface area contributed by atoms with Crippen LogP contribution in [0.5, 0.6) is 28.7 Å². The summed E-state index contributed by atoms with van der Waals surface area (Å²) in [6.45, 7) is 1.58. The fourth-order valence-electron chi connectivity index (χ4n) is 8.16. The summed E-state index contributed by atoms with van der Waals surface area (Å²) in [6, 6.07) is 24.7. The predicted molar refractivity (Wildman–Crippen MR) is 300 cm³/mol. The van der Waals surface area contributed by atoms with Gasteiger partial charge in [-0.25, -0.2) is 29.1 Å². The van der Waals surface area contributed by atoms with Crippen LogP contribution in [0.15, 0.2) is 110 Å². The number of methoxy groups -OCH3 is 5. The highest BCUT2D eigenvalue weighted by atomic mass is 16.6. The maximum absolute atomic E-state index is 13.0. The third kappa shape index (κ3) is 16.0. The number of aromatic amines is 2. The molecule has 0 spiro atoms. The fourth-order valence-corrected chi connectivity index (χ4v) is 8.16. The van der Waals surface area contributed by atoms with Gasteiger partial charge >= 0.3 is 35.3 Å². The van der Waals surface area contributed by atoms with Crippen LogP contribution in [0, 0.1) is 36.3 Å². The number of rotatable bonds is 15. The molecule has 0 bridgehead atoms. The highest BCUT2D eigenvalue weighted by Gasteiger charge is 2.30. The van der Waals surface area contributed by atoms with Crippen molar-refractivity contribution in [2.24, 2.45) is 5.92 Å². The molecule has 0 atom stereocenters. The fraction of sp³-hybridized carbons (Fsp3) is 0.204. The lowest BCUT2D eigenvalue weighted by molar-refractivity contribution is -0.422. The number of benzene rings is 6. The van der Waals surface area contributed by atoms with Gasteiger partial charge in [-0.15, -0.1) is 0 Å². The number of nitrogens with zero attached hydrogens (tertiary/aromatic N) is 6. The van der Waals surface area contributed by atoms with Crippen LogP contribution < -0.4 is 35.2 Å². The average molecular weight is 1160 g/mol. The van der Waals surface area contributed by atoms with E-state index in [2.05, 4.69) is 55.0 Å². The lowest BCUT2D eigenvalue weighted by Crippen LogP contribution is -2.39. The third-order valence-electron chi connectivity index (χ3n) is 12.4. The summed E-state index contributed by atoms with van der Waals surface area (Å²) in [5.41, 5.74) is 14.1. The van der Waals surface area contributed by atoms with Gasteiger partial charge in [0.2, 0.25) is 0 Å². The molecule has 30 nitrogen and oxygen atoms in total. The number of fused-ring (bicyclic) bond motifs is 2. The van der Waals surface area contributed by atoms with E-state index in [1.54, 1.807) is 19.5 Å². The van der Waals surface area contributed by atoms with E-state index in [4.69, 9.17) is 50.8 Å². The minimum absolute atomic E-state index is 0.00852. The molecular weight excluding hydrogens is 1110 g/mol. The molecule has 1 aliphatic heterocycles. The molecular formula is C54H54N10O20. The molecule has 1 fully saturated rings. The van der Waals surface area contributed by atoms with Crippen LogP contribution in [0.3, 0.4) is 0 Å². The largest absolute Gasteiger partial charge is 0.496 e. The van der Waals surface area contributed by atoms with E-state index < -0.39 is 55.6 Å². The molecule has 1 aliphatic rings. The second-order valence-corrected chi connectivity index (χ2v) is 17.5. The summed E-state index contributed by atoms with van der Waals surface area (Å²) in [5.74, 6) is -3.31. The van der Waals surface area contributed by atoms with Crippen molar-refractivity contribution in [1.29, 1.82) is 0 Å². The van der Waals surface area contributed by atoms with Gasteiger partial charge in [0, 0.05) is 43.4 Å². The number of nitro groups is 3. The molecule has 1 amide bonds. The number of amides is 1. The van der Waals surface area contributed by atoms with Gasteiger partial charge in [-0.2, -0.15) is 0 Å². The Morgan fingerprint density at radius 1 is 0.536 bits per heavy atom. The van der Waals surface area contributed by atoms with Gasteiger partial charge < -0.3 is 70.4 Å². The molecule has 1 saturated heterocycles. The first-order valence-electron chi connectivity index (χ1n) is 24.3. The maximum atomic E-state index is 13.0. The van der Waals surface area contributed by atoms with Crippen molar-refractivity contribution in [3.8, 4) is 28.7 Å². The van der Waals surface area contributed by atoms with Crippen LogP contribution in [0.25, 0.3) is 22.1 Å². The molecule has 9 rings (SSSR count). The lowest BCUT2D eigenvalue weighted by atomic mass is 9.90. The van der Waals surface area contributed by atoms with Crippen molar-refractivity contribution < 1.29 is 82.9 Å². The molecule has 2 aromatic heterocycles. The van der Waals surface area contributed by atoms with E-state index in [9.17, 15) is 54.3 Å². The number of nitrogens with two attached hydrogens (primary N) is 2. The van der Waals surface area contributed by atoms with Crippen molar-refractivity contribution in [2.45, 2.75) is 19.3 Å². The number of aromatic carboxylic acids is 4. The molecule has 84 heavy (non-hydrogen) atoms. The summed E-state index contributed by atoms with van der Waals surface area (Å²) in [5, 5.41) is 66.5. The SMILES string of the molecule is COc1cc(N)c(N)cc1C(=O)O.COc1cc([N+](=O)[O-])c([N+](=O)[O-])cc1C(=O)O.COc1cc([N+](=O)[O-])ccc1C(=O)O.COc1cc2nc[nH]c2cc1C(=O)N1CCC(Cc2ccccc2)CC1.COc1cc2nc[nH]c2cc1C(=O)O. The number of ether oxygens (including phenoxy) is 5. The number of carboxylic acids is 4. The Bertz CT molecular complexity index is 3730. The number of carbonyl (C=O) groups is 5. The van der Waals surface area contributed by atoms with Crippen LogP contribution in [0.1, 0.15) is 70.2 Å². The van der Waals surface area contributed by atoms with Crippen molar-refractivity contribution in [3.63, 3.8) is 0 Å². The van der Waals surface area contributed by atoms with E-state index in [0.717, 1.165) is 68.7 Å². The number of nitro benzene ring substituents is 3. The Hall–Kier alpha value is -11.6. The Labute approximate surface area is 474 Å². The normalized spacial score (nSPS) is 11.5. The topological polar surface area (TPSA) is 454 Å². The highest BCUT2D eigenvalue weighted by Crippen LogP contribution is 2.35. The molecule has 0 aliphatic carbocycles. The molecule has 10 N–H and O–H groups in total. The zero-order valence-electron chi connectivity index (χ0n) is 45.2. The number of carbonyl (C=O) groups excluding carboxylic acids is 1. The smallest absolute Gasteiger partial charge is 0.349 e. The molecule has 3 heterocycles. The number of non-ortho nitro benzene ring substituents is 1. The van der Waals surface area contributed by atoms with Gasteiger partial charge in [0.05, 0.1) is 114 Å². The number of anilines is 2. The highest BCUT2D eigenvalue weighted by molar-refractivity contribution is 6.01. The molecule has 0 saturated carbocycles. The Morgan fingerprint density at radius 2 is 0.952 bits per heavy atom. The minimum atomic E-state index is -1.47. The second-order valence-electron chi connectivity index (χ2n) is 17.5. The first-order valence-corrected chi connectivity index (χ1v) is 24.3. The monoisotopic (exact) mass is 1160 g/mol. The first kappa shape index (κ1) is 63.2. The Kier molecular flexibility index (Phi) is 21.9. The molecule has 8 aromatic rings. The van der Waals surface area contributed by atoms with Gasteiger partial charge in [-0.3, -0.25) is 35.1 Å². The van der Waals surface area contributed by atoms with E-state index in [-0.39, 0.29) is 51.2 Å². The average Bonchev–Trinajstić information content (AvgIpc) is 4.34. The molecule has 6 aromatic carbocycles. The zero-order chi connectivity index (χ0) is 61.9. The number of aromatic nitrogens is 4. The summed E-state index contributed by atoms with van der Waals surface area (Å²) in [4.78, 5) is 101. The number of hydrogen-bond acceptors (Lipinski definition) is 20. The number of likely N-dealkylation sites (tertiary alicyclic amines) is 1. The number of hydrogen-bond donors (Lipinski definition) is 8. The minimum Gasteiger partial charge on any atom is -0.496 e. The molecule has 30 heteroatoms. The summed E-state index contributed by atoms with van der Waals surface area (Å²) in [6.07, 6.45) is 6.31. The second kappa shape index (κ2) is 29.0.